The van der Waals surface area contributed by atoms with E-state index in [4.69, 9.17) is 5.73 Å². The zero-order chi connectivity index (χ0) is 15.2. The van der Waals surface area contributed by atoms with Gasteiger partial charge in [0.05, 0.1) is 12.2 Å². The molecule has 116 valence electrons. The molecule has 1 aromatic heterocycles. The van der Waals surface area contributed by atoms with Gasteiger partial charge in [0, 0.05) is 18.7 Å². The molecule has 0 bridgehead atoms. The third-order valence-corrected chi connectivity index (χ3v) is 3.97. The van der Waals surface area contributed by atoms with Crippen molar-refractivity contribution in [3.05, 3.63) is 30.1 Å². The van der Waals surface area contributed by atoms with E-state index in [-0.39, 0.29) is 5.91 Å². The Morgan fingerprint density at radius 1 is 1.43 bits per heavy atom. The Labute approximate surface area is 127 Å². The van der Waals surface area contributed by atoms with Crippen molar-refractivity contribution in [1.82, 2.24) is 9.88 Å². The maximum Gasteiger partial charge on any atom is 0.223 e. The fraction of sp³-hybridized carbons (Fsp3) is 0.647. The summed E-state index contributed by atoms with van der Waals surface area (Å²) in [5, 5.41) is 0. The van der Waals surface area contributed by atoms with Crippen molar-refractivity contribution in [2.45, 2.75) is 52.1 Å². The molecule has 4 nitrogen and oxygen atoms in total. The second kappa shape index (κ2) is 7.55. The third-order valence-electron chi connectivity index (χ3n) is 3.97. The number of nitrogens with two attached hydrogens (primary N) is 1. The lowest BCUT2D eigenvalue weighted by Gasteiger charge is -2.25. The average Bonchev–Trinajstić information content (AvgIpc) is 3.29. The second-order valence-corrected chi connectivity index (χ2v) is 6.51. The van der Waals surface area contributed by atoms with E-state index in [1.807, 2.05) is 23.1 Å². The van der Waals surface area contributed by atoms with Crippen LogP contribution in [0.25, 0.3) is 0 Å². The van der Waals surface area contributed by atoms with Crippen LogP contribution in [0.15, 0.2) is 24.4 Å². The highest BCUT2D eigenvalue weighted by Gasteiger charge is 2.33. The molecule has 1 amide bonds. The van der Waals surface area contributed by atoms with Crippen LogP contribution in [0.2, 0.25) is 0 Å². The first kappa shape index (κ1) is 16.0. The SMILES string of the molecule is CC(C)C[C@H](CN)CC(=O)N(Cc1ccccn1)C1CC1. The maximum absolute atomic E-state index is 12.6. The summed E-state index contributed by atoms with van der Waals surface area (Å²) < 4.78 is 0. The molecule has 1 aliphatic carbocycles. The first-order valence-corrected chi connectivity index (χ1v) is 7.99. The molecule has 2 N–H and O–H groups in total. The summed E-state index contributed by atoms with van der Waals surface area (Å²) in [6, 6.07) is 6.27. The summed E-state index contributed by atoms with van der Waals surface area (Å²) in [5.74, 6) is 1.11. The van der Waals surface area contributed by atoms with Gasteiger partial charge in [-0.15, -0.1) is 0 Å². The normalized spacial score (nSPS) is 16.0. The summed E-state index contributed by atoms with van der Waals surface area (Å²) in [6.45, 7) is 5.58. The Balaban J connectivity index is 1.96. The molecule has 1 aromatic rings. The number of hydrogen-bond donors (Lipinski definition) is 1. The summed E-state index contributed by atoms with van der Waals surface area (Å²) in [5.41, 5.74) is 6.79. The van der Waals surface area contributed by atoms with Crippen LogP contribution in [-0.2, 0) is 11.3 Å². The highest BCUT2D eigenvalue weighted by molar-refractivity contribution is 5.77. The third kappa shape index (κ3) is 5.12. The van der Waals surface area contributed by atoms with Crippen LogP contribution < -0.4 is 5.73 Å². The largest absolute Gasteiger partial charge is 0.334 e. The van der Waals surface area contributed by atoms with Gasteiger partial charge < -0.3 is 10.6 Å². The Morgan fingerprint density at radius 3 is 2.71 bits per heavy atom. The van der Waals surface area contributed by atoms with E-state index in [2.05, 4.69) is 18.8 Å². The lowest BCUT2D eigenvalue weighted by Crippen LogP contribution is -2.35. The number of carbonyl (C=O) groups is 1. The molecule has 0 spiro atoms. The number of rotatable bonds is 8. The number of amides is 1. The highest BCUT2D eigenvalue weighted by Crippen LogP contribution is 2.29. The van der Waals surface area contributed by atoms with E-state index in [9.17, 15) is 4.79 Å². The molecule has 1 aliphatic rings. The number of nitrogens with zero attached hydrogens (tertiary/aromatic N) is 2. The number of carbonyl (C=O) groups excluding carboxylic acids is 1. The predicted octanol–water partition coefficient (Wildman–Crippen LogP) is 2.58. The molecule has 1 saturated carbocycles. The summed E-state index contributed by atoms with van der Waals surface area (Å²) in [6.07, 6.45) is 5.61. The van der Waals surface area contributed by atoms with Gasteiger partial charge in [-0.3, -0.25) is 9.78 Å². The summed E-state index contributed by atoms with van der Waals surface area (Å²) in [4.78, 5) is 19.0. The Morgan fingerprint density at radius 2 is 2.19 bits per heavy atom. The zero-order valence-electron chi connectivity index (χ0n) is 13.2. The quantitative estimate of drug-likeness (QED) is 0.800. The minimum atomic E-state index is 0.235. The first-order valence-electron chi connectivity index (χ1n) is 7.99. The molecule has 1 fully saturated rings. The number of aromatic nitrogens is 1. The monoisotopic (exact) mass is 289 g/mol. The van der Waals surface area contributed by atoms with Gasteiger partial charge in [0.15, 0.2) is 0 Å². The van der Waals surface area contributed by atoms with E-state index >= 15 is 0 Å². The van der Waals surface area contributed by atoms with Crippen LogP contribution in [0, 0.1) is 11.8 Å². The van der Waals surface area contributed by atoms with Crippen LogP contribution in [0.1, 0.15) is 45.2 Å². The molecule has 0 radical (unpaired) electrons. The Bertz CT molecular complexity index is 443. The van der Waals surface area contributed by atoms with Crippen LogP contribution in [0.4, 0.5) is 0 Å². The fourth-order valence-electron chi connectivity index (χ4n) is 2.77. The van der Waals surface area contributed by atoms with Gasteiger partial charge in [-0.1, -0.05) is 19.9 Å². The molecule has 0 aromatic carbocycles. The van der Waals surface area contributed by atoms with Crippen LogP contribution in [0.5, 0.6) is 0 Å². The lowest BCUT2D eigenvalue weighted by atomic mass is 9.93. The van der Waals surface area contributed by atoms with Gasteiger partial charge in [-0.2, -0.15) is 0 Å². The minimum Gasteiger partial charge on any atom is -0.334 e. The predicted molar refractivity (Wildman–Crippen MR) is 84.4 cm³/mol. The first-order chi connectivity index (χ1) is 10.1. The van der Waals surface area contributed by atoms with Crippen molar-refractivity contribution in [3.63, 3.8) is 0 Å². The van der Waals surface area contributed by atoms with Crippen LogP contribution in [0.3, 0.4) is 0 Å². The number of pyridine rings is 1. The van der Waals surface area contributed by atoms with E-state index < -0.39 is 0 Å². The molecule has 4 heteroatoms. The smallest absolute Gasteiger partial charge is 0.223 e. The van der Waals surface area contributed by atoms with Crippen molar-refractivity contribution in [2.24, 2.45) is 17.6 Å². The van der Waals surface area contributed by atoms with E-state index in [0.29, 0.717) is 37.4 Å². The van der Waals surface area contributed by atoms with Gasteiger partial charge in [-0.25, -0.2) is 0 Å². The molecular formula is C17H27N3O. The van der Waals surface area contributed by atoms with Gasteiger partial charge in [0.25, 0.3) is 0 Å². The van der Waals surface area contributed by atoms with E-state index in [0.717, 1.165) is 25.0 Å². The Hall–Kier alpha value is -1.42. The summed E-state index contributed by atoms with van der Waals surface area (Å²) >= 11 is 0. The van der Waals surface area contributed by atoms with Gasteiger partial charge in [0.1, 0.15) is 0 Å². The Kier molecular flexibility index (Phi) is 5.74. The molecule has 0 saturated heterocycles. The molecule has 1 atom stereocenters. The van der Waals surface area contributed by atoms with Crippen molar-refractivity contribution in [2.75, 3.05) is 6.54 Å². The topological polar surface area (TPSA) is 59.2 Å². The van der Waals surface area contributed by atoms with Crippen LogP contribution >= 0.6 is 0 Å². The van der Waals surface area contributed by atoms with E-state index in [1.165, 1.54) is 0 Å². The number of hydrogen-bond acceptors (Lipinski definition) is 3. The maximum atomic E-state index is 12.6. The fourth-order valence-corrected chi connectivity index (χ4v) is 2.77. The van der Waals surface area contributed by atoms with Gasteiger partial charge >= 0.3 is 0 Å². The van der Waals surface area contributed by atoms with Crippen molar-refractivity contribution in [3.8, 4) is 0 Å². The van der Waals surface area contributed by atoms with Crippen molar-refractivity contribution < 1.29 is 4.79 Å². The minimum absolute atomic E-state index is 0.235. The average molecular weight is 289 g/mol. The molecule has 0 aliphatic heterocycles. The van der Waals surface area contributed by atoms with Gasteiger partial charge in [0.2, 0.25) is 5.91 Å². The summed E-state index contributed by atoms with van der Waals surface area (Å²) in [7, 11) is 0. The highest BCUT2D eigenvalue weighted by atomic mass is 16.2. The second-order valence-electron chi connectivity index (χ2n) is 6.51. The van der Waals surface area contributed by atoms with Crippen LogP contribution in [-0.4, -0.2) is 28.4 Å². The van der Waals surface area contributed by atoms with E-state index in [1.54, 1.807) is 6.20 Å². The van der Waals surface area contributed by atoms with Crippen molar-refractivity contribution in [1.29, 1.82) is 0 Å². The molecule has 2 rings (SSSR count). The molecule has 0 unspecified atom stereocenters. The molecular weight excluding hydrogens is 262 g/mol. The van der Waals surface area contributed by atoms with Crippen molar-refractivity contribution >= 4 is 5.91 Å². The zero-order valence-corrected chi connectivity index (χ0v) is 13.2. The molecule has 21 heavy (non-hydrogen) atoms. The molecule has 1 heterocycles. The standard InChI is InChI=1S/C17H27N3O/c1-13(2)9-14(11-18)10-17(21)20(16-6-7-16)12-15-5-3-4-8-19-15/h3-5,8,13-14,16H,6-7,9-12,18H2,1-2H3/t14-/m0/s1. The van der Waals surface area contributed by atoms with Gasteiger partial charge in [-0.05, 0) is 49.8 Å². The lowest BCUT2D eigenvalue weighted by molar-refractivity contribution is -0.133.